The summed E-state index contributed by atoms with van der Waals surface area (Å²) in [5.41, 5.74) is 2.08. The van der Waals surface area contributed by atoms with Crippen LogP contribution in [0.5, 0.6) is 11.8 Å². The minimum atomic E-state index is -0.322. The molecular weight excluding hydrogens is 523 g/mol. The SMILES string of the molecule is CCc1c(F)ccc2cc(O)cc(N3Cc4nc(OCCN5CCCNCC5)nc(N5CCCCCC5)c4C3=O)c12. The highest BCUT2D eigenvalue weighted by molar-refractivity contribution is 6.16. The Morgan fingerprint density at radius 1 is 1.02 bits per heavy atom. The van der Waals surface area contributed by atoms with Crippen LogP contribution in [0, 0.1) is 5.82 Å². The fraction of sp³-hybridized carbons (Fsp3) is 0.516. The van der Waals surface area contributed by atoms with Gasteiger partial charge in [0.15, 0.2) is 0 Å². The van der Waals surface area contributed by atoms with Crippen molar-refractivity contribution in [1.82, 2.24) is 20.2 Å². The quantitative estimate of drug-likeness (QED) is 0.442. The molecule has 218 valence electrons. The van der Waals surface area contributed by atoms with Gasteiger partial charge in [-0.05, 0) is 61.9 Å². The van der Waals surface area contributed by atoms with Gasteiger partial charge in [0.2, 0.25) is 0 Å². The van der Waals surface area contributed by atoms with E-state index in [1.807, 2.05) is 6.92 Å². The van der Waals surface area contributed by atoms with Crippen molar-refractivity contribution in [2.45, 2.75) is 52.0 Å². The fourth-order valence-electron chi connectivity index (χ4n) is 6.36. The highest BCUT2D eigenvalue weighted by atomic mass is 19.1. The van der Waals surface area contributed by atoms with Crippen LogP contribution in [0.2, 0.25) is 0 Å². The highest BCUT2D eigenvalue weighted by Crippen LogP contribution is 2.41. The van der Waals surface area contributed by atoms with E-state index in [0.717, 1.165) is 77.9 Å². The molecule has 3 aliphatic heterocycles. The van der Waals surface area contributed by atoms with Crippen LogP contribution < -0.4 is 19.9 Å². The van der Waals surface area contributed by atoms with E-state index in [0.29, 0.717) is 52.1 Å². The second-order valence-electron chi connectivity index (χ2n) is 11.2. The number of carbonyl (C=O) groups is 1. The Kier molecular flexibility index (Phi) is 8.20. The van der Waals surface area contributed by atoms with E-state index >= 15 is 0 Å². The van der Waals surface area contributed by atoms with E-state index in [1.165, 1.54) is 6.07 Å². The van der Waals surface area contributed by atoms with Crippen molar-refractivity contribution in [3.8, 4) is 11.8 Å². The topological polar surface area (TPSA) is 94.1 Å². The average Bonchev–Trinajstić information content (AvgIpc) is 3.21. The number of benzene rings is 2. The molecule has 0 bridgehead atoms. The van der Waals surface area contributed by atoms with Crippen LogP contribution in [0.4, 0.5) is 15.9 Å². The van der Waals surface area contributed by atoms with E-state index in [-0.39, 0.29) is 30.0 Å². The van der Waals surface area contributed by atoms with Gasteiger partial charge in [-0.1, -0.05) is 25.8 Å². The summed E-state index contributed by atoms with van der Waals surface area (Å²) in [6.45, 7) is 8.99. The lowest BCUT2D eigenvalue weighted by Crippen LogP contribution is -2.32. The first-order valence-electron chi connectivity index (χ1n) is 15.0. The first-order valence-corrected chi connectivity index (χ1v) is 15.0. The molecular formula is C31H39FN6O3. The standard InChI is InChI=1S/C31H39FN6O3/c1-2-23-24(32)9-8-21-18-22(39)19-26(27(21)23)38-20-25-28(30(38)40)29(37-13-5-3-4-6-14-37)35-31(34-25)41-17-16-36-12-7-10-33-11-15-36/h8-9,18-19,33,39H,2-7,10-17,20H2,1H3. The molecule has 2 N–H and O–H groups in total. The van der Waals surface area contributed by atoms with Crippen molar-refractivity contribution < 1.29 is 19.0 Å². The van der Waals surface area contributed by atoms with Gasteiger partial charge in [0.25, 0.3) is 5.91 Å². The van der Waals surface area contributed by atoms with Crippen LogP contribution in [0.25, 0.3) is 10.8 Å². The maximum Gasteiger partial charge on any atom is 0.318 e. The number of aryl methyl sites for hydroxylation is 1. The molecule has 2 saturated heterocycles. The zero-order valence-corrected chi connectivity index (χ0v) is 23.8. The molecule has 0 saturated carbocycles. The molecule has 0 aliphatic carbocycles. The fourth-order valence-corrected chi connectivity index (χ4v) is 6.36. The molecule has 41 heavy (non-hydrogen) atoms. The number of hydrogen-bond acceptors (Lipinski definition) is 8. The molecule has 1 aromatic heterocycles. The van der Waals surface area contributed by atoms with Gasteiger partial charge < -0.3 is 25.0 Å². The minimum Gasteiger partial charge on any atom is -0.508 e. The van der Waals surface area contributed by atoms with E-state index in [2.05, 4.69) is 15.1 Å². The Hall–Kier alpha value is -3.50. The molecule has 2 aromatic carbocycles. The van der Waals surface area contributed by atoms with Gasteiger partial charge in [-0.15, -0.1) is 0 Å². The number of hydrogen-bond donors (Lipinski definition) is 2. The first kappa shape index (κ1) is 27.7. The number of fused-ring (bicyclic) bond motifs is 2. The number of ether oxygens (including phenoxy) is 1. The molecule has 0 atom stereocenters. The summed E-state index contributed by atoms with van der Waals surface area (Å²) in [6.07, 6.45) is 5.94. The third kappa shape index (κ3) is 5.67. The third-order valence-corrected chi connectivity index (χ3v) is 8.46. The summed E-state index contributed by atoms with van der Waals surface area (Å²) >= 11 is 0. The van der Waals surface area contributed by atoms with E-state index in [1.54, 1.807) is 23.1 Å². The number of rotatable bonds is 7. The van der Waals surface area contributed by atoms with Crippen LogP contribution in [0.1, 0.15) is 60.6 Å². The first-order chi connectivity index (χ1) is 20.0. The number of nitrogens with zero attached hydrogens (tertiary/aromatic N) is 5. The molecule has 0 radical (unpaired) electrons. The smallest absolute Gasteiger partial charge is 0.318 e. The lowest BCUT2D eigenvalue weighted by molar-refractivity contribution is 0.0997. The van der Waals surface area contributed by atoms with E-state index in [4.69, 9.17) is 14.7 Å². The van der Waals surface area contributed by atoms with Crippen molar-refractivity contribution in [2.75, 3.05) is 62.2 Å². The molecule has 3 aromatic rings. The zero-order chi connectivity index (χ0) is 28.3. The average molecular weight is 563 g/mol. The Labute approximate surface area is 240 Å². The van der Waals surface area contributed by atoms with Crippen molar-refractivity contribution in [1.29, 1.82) is 0 Å². The van der Waals surface area contributed by atoms with Gasteiger partial charge in [0, 0.05) is 44.2 Å². The number of nitrogens with one attached hydrogen (secondary N) is 1. The predicted molar refractivity (Wildman–Crippen MR) is 158 cm³/mol. The third-order valence-electron chi connectivity index (χ3n) is 8.46. The van der Waals surface area contributed by atoms with Crippen molar-refractivity contribution >= 4 is 28.2 Å². The molecule has 3 aliphatic rings. The lowest BCUT2D eigenvalue weighted by atomic mass is 9.99. The van der Waals surface area contributed by atoms with E-state index in [9.17, 15) is 14.3 Å². The monoisotopic (exact) mass is 562 g/mol. The Bertz CT molecular complexity index is 1420. The molecule has 9 nitrogen and oxygen atoms in total. The maximum absolute atomic E-state index is 14.9. The Morgan fingerprint density at radius 2 is 1.85 bits per heavy atom. The summed E-state index contributed by atoms with van der Waals surface area (Å²) in [4.78, 5) is 29.9. The van der Waals surface area contributed by atoms with E-state index < -0.39 is 0 Å². The molecule has 1 amide bonds. The maximum atomic E-state index is 14.9. The van der Waals surface area contributed by atoms with Crippen molar-refractivity contribution in [2.24, 2.45) is 0 Å². The number of carbonyl (C=O) groups excluding carboxylic acids is 1. The van der Waals surface area contributed by atoms with Gasteiger partial charge in [-0.3, -0.25) is 9.69 Å². The second kappa shape index (κ2) is 12.2. The van der Waals surface area contributed by atoms with Crippen LogP contribution in [0.15, 0.2) is 24.3 Å². The Morgan fingerprint density at radius 3 is 2.66 bits per heavy atom. The normalized spacial score (nSPS) is 18.4. The van der Waals surface area contributed by atoms with Crippen molar-refractivity contribution in [3.63, 3.8) is 0 Å². The number of halogens is 1. The number of phenols is 1. The van der Waals surface area contributed by atoms with Gasteiger partial charge in [-0.25, -0.2) is 4.39 Å². The number of aromatic hydroxyl groups is 1. The molecule has 4 heterocycles. The minimum absolute atomic E-state index is 0.0245. The summed E-state index contributed by atoms with van der Waals surface area (Å²) in [6, 6.07) is 6.51. The highest BCUT2D eigenvalue weighted by Gasteiger charge is 2.37. The molecule has 2 fully saturated rings. The Balaban J connectivity index is 1.36. The van der Waals surface area contributed by atoms with Crippen LogP contribution >= 0.6 is 0 Å². The molecule has 6 rings (SSSR count). The number of aromatic nitrogens is 2. The largest absolute Gasteiger partial charge is 0.508 e. The zero-order valence-electron chi connectivity index (χ0n) is 23.8. The molecule has 0 spiro atoms. The van der Waals surface area contributed by atoms with Crippen molar-refractivity contribution in [3.05, 3.63) is 46.9 Å². The number of anilines is 2. The van der Waals surface area contributed by atoms with Gasteiger partial charge in [-0.2, -0.15) is 9.97 Å². The van der Waals surface area contributed by atoms with Gasteiger partial charge in [0.1, 0.15) is 29.6 Å². The van der Waals surface area contributed by atoms with Gasteiger partial charge >= 0.3 is 6.01 Å². The van der Waals surface area contributed by atoms with Gasteiger partial charge in [0.05, 0.1) is 17.9 Å². The number of amides is 1. The summed E-state index contributed by atoms with van der Waals surface area (Å²) < 4.78 is 21.0. The summed E-state index contributed by atoms with van der Waals surface area (Å²) in [7, 11) is 0. The predicted octanol–water partition coefficient (Wildman–Crippen LogP) is 4.25. The van der Waals surface area contributed by atoms with Crippen LogP contribution in [-0.2, 0) is 13.0 Å². The number of phenolic OH excluding ortho intramolecular Hbond substituents is 1. The van der Waals surface area contributed by atoms with Crippen LogP contribution in [0.3, 0.4) is 0 Å². The molecule has 10 heteroatoms. The summed E-state index contributed by atoms with van der Waals surface area (Å²) in [5.74, 6) is 0.0827. The lowest BCUT2D eigenvalue weighted by Gasteiger charge is -2.24. The summed E-state index contributed by atoms with van der Waals surface area (Å²) in [5, 5.41) is 15.3. The van der Waals surface area contributed by atoms with Crippen LogP contribution in [-0.4, -0.2) is 78.3 Å². The molecule has 0 unspecified atom stereocenters. The second-order valence-corrected chi connectivity index (χ2v) is 11.2.